The molecule has 0 radical (unpaired) electrons. The fourth-order valence-corrected chi connectivity index (χ4v) is 3.47. The van der Waals surface area contributed by atoms with Gasteiger partial charge in [-0.05, 0) is 29.9 Å². The van der Waals surface area contributed by atoms with Crippen LogP contribution in [0.2, 0.25) is 5.02 Å². The van der Waals surface area contributed by atoms with Crippen LogP contribution in [0.25, 0.3) is 11.1 Å². The summed E-state index contributed by atoms with van der Waals surface area (Å²) in [6, 6.07) is 15.2. The van der Waals surface area contributed by atoms with Crippen molar-refractivity contribution in [3.63, 3.8) is 0 Å². The lowest BCUT2D eigenvalue weighted by molar-refractivity contribution is -0.139. The molecule has 1 N–H and O–H groups in total. The van der Waals surface area contributed by atoms with Crippen LogP contribution in [0, 0.1) is 0 Å². The first-order valence-corrected chi connectivity index (χ1v) is 8.08. The van der Waals surface area contributed by atoms with Gasteiger partial charge >= 0.3 is 5.97 Å². The molecule has 0 fully saturated rings. The van der Waals surface area contributed by atoms with E-state index < -0.39 is 10.7 Å². The minimum atomic E-state index is -0.923. The molecule has 0 spiro atoms. The molecule has 0 aromatic heterocycles. The fraction of sp³-hybridized carbons (Fsp3) is 0.235. The van der Waals surface area contributed by atoms with E-state index in [2.05, 4.69) is 0 Å². The molecule has 1 atom stereocenters. The Morgan fingerprint density at radius 3 is 2.33 bits per heavy atom. The Hall–Kier alpha value is -1.45. The minimum Gasteiger partial charge on any atom is -0.480 e. The highest BCUT2D eigenvalue weighted by molar-refractivity contribution is 8.00. The van der Waals surface area contributed by atoms with Gasteiger partial charge in [-0.1, -0.05) is 61.0 Å². The highest BCUT2D eigenvalue weighted by Gasteiger charge is 2.35. The van der Waals surface area contributed by atoms with E-state index >= 15 is 0 Å². The number of aliphatic carboxylic acids is 1. The van der Waals surface area contributed by atoms with Crippen molar-refractivity contribution in [2.75, 3.05) is 5.75 Å². The number of benzene rings is 2. The minimum absolute atomic E-state index is 0.689. The molecule has 2 nitrogen and oxygen atoms in total. The average molecular weight is 321 g/mol. The second-order valence-electron chi connectivity index (χ2n) is 4.83. The van der Waals surface area contributed by atoms with Crippen molar-refractivity contribution in [3.8, 4) is 11.1 Å². The van der Waals surface area contributed by atoms with Gasteiger partial charge in [0.05, 0.1) is 0 Å². The third kappa shape index (κ3) is 3.25. The molecule has 1 unspecified atom stereocenters. The summed E-state index contributed by atoms with van der Waals surface area (Å²) in [6.45, 7) is 3.71. The van der Waals surface area contributed by atoms with E-state index in [4.69, 9.17) is 11.6 Å². The van der Waals surface area contributed by atoms with Gasteiger partial charge in [-0.3, -0.25) is 4.79 Å². The van der Waals surface area contributed by atoms with Crippen LogP contribution in [0.5, 0.6) is 0 Å². The Labute approximate surface area is 134 Å². The molecule has 0 aliphatic rings. The zero-order valence-corrected chi connectivity index (χ0v) is 13.5. The Morgan fingerprint density at radius 2 is 1.81 bits per heavy atom. The zero-order valence-electron chi connectivity index (χ0n) is 12.0. The number of carboxylic acids is 1. The molecule has 2 aromatic carbocycles. The monoisotopic (exact) mass is 320 g/mol. The highest BCUT2D eigenvalue weighted by Crippen LogP contribution is 2.37. The normalized spacial score (nSPS) is 13.7. The predicted octanol–water partition coefficient (Wildman–Crippen LogP) is 5.06. The van der Waals surface area contributed by atoms with Gasteiger partial charge in [0, 0.05) is 10.6 Å². The number of thioether (sulfide) groups is 1. The first kappa shape index (κ1) is 15.9. The number of carbonyl (C=O) groups is 1. The first-order chi connectivity index (χ1) is 9.99. The molecule has 0 amide bonds. The molecule has 2 rings (SSSR count). The maximum Gasteiger partial charge on any atom is 0.324 e. The standard InChI is InChI=1S/C17H17ClO2S/c1-3-21-17(2,16(19)20)13-10-8-12(9-11-13)14-6-4-5-7-15(14)18/h4-11H,3H2,1-2H3,(H,19,20). The zero-order chi connectivity index (χ0) is 15.5. The van der Waals surface area contributed by atoms with Gasteiger partial charge < -0.3 is 5.11 Å². The maximum absolute atomic E-state index is 11.6. The summed E-state index contributed by atoms with van der Waals surface area (Å²) in [5, 5.41) is 10.2. The van der Waals surface area contributed by atoms with Crippen molar-refractivity contribution in [1.82, 2.24) is 0 Å². The van der Waals surface area contributed by atoms with Crippen LogP contribution < -0.4 is 0 Å². The largest absolute Gasteiger partial charge is 0.480 e. The van der Waals surface area contributed by atoms with Crippen LogP contribution >= 0.6 is 23.4 Å². The molecule has 4 heteroatoms. The molecular weight excluding hydrogens is 304 g/mol. The number of carboxylic acid groups (broad SMARTS) is 1. The first-order valence-electron chi connectivity index (χ1n) is 6.72. The van der Waals surface area contributed by atoms with Crippen molar-refractivity contribution in [1.29, 1.82) is 0 Å². The topological polar surface area (TPSA) is 37.3 Å². The van der Waals surface area contributed by atoms with Crippen LogP contribution in [0.15, 0.2) is 48.5 Å². The van der Waals surface area contributed by atoms with Gasteiger partial charge in [0.2, 0.25) is 0 Å². The number of hydrogen-bond donors (Lipinski definition) is 1. The number of rotatable bonds is 5. The Morgan fingerprint density at radius 1 is 1.19 bits per heavy atom. The lowest BCUT2D eigenvalue weighted by Gasteiger charge is -2.24. The Bertz CT molecular complexity index is 639. The summed E-state index contributed by atoms with van der Waals surface area (Å²) in [7, 11) is 0. The third-order valence-electron chi connectivity index (χ3n) is 3.46. The van der Waals surface area contributed by atoms with Crippen molar-refractivity contribution in [2.45, 2.75) is 18.6 Å². The molecule has 0 heterocycles. The third-order valence-corrected chi connectivity index (χ3v) is 5.07. The second-order valence-corrected chi connectivity index (χ2v) is 6.92. The number of halogens is 1. The lowest BCUT2D eigenvalue weighted by Crippen LogP contribution is -2.28. The van der Waals surface area contributed by atoms with E-state index in [9.17, 15) is 9.90 Å². The molecule has 21 heavy (non-hydrogen) atoms. The summed E-state index contributed by atoms with van der Waals surface area (Å²) < 4.78 is -0.923. The summed E-state index contributed by atoms with van der Waals surface area (Å²) in [4.78, 5) is 11.6. The quantitative estimate of drug-likeness (QED) is 0.836. The van der Waals surface area contributed by atoms with Gasteiger partial charge in [-0.25, -0.2) is 0 Å². The summed E-state index contributed by atoms with van der Waals surface area (Å²) in [6.07, 6.45) is 0. The molecule has 110 valence electrons. The molecule has 0 bridgehead atoms. The van der Waals surface area contributed by atoms with Gasteiger partial charge in [0.15, 0.2) is 0 Å². The van der Waals surface area contributed by atoms with E-state index in [0.29, 0.717) is 5.02 Å². The predicted molar refractivity (Wildman–Crippen MR) is 90.0 cm³/mol. The molecular formula is C17H17ClO2S. The van der Waals surface area contributed by atoms with Crippen molar-refractivity contribution < 1.29 is 9.90 Å². The van der Waals surface area contributed by atoms with Crippen LogP contribution in [0.3, 0.4) is 0 Å². The van der Waals surface area contributed by atoms with Gasteiger partial charge in [0.1, 0.15) is 4.75 Å². The van der Waals surface area contributed by atoms with E-state index in [1.54, 1.807) is 6.92 Å². The maximum atomic E-state index is 11.6. The summed E-state index contributed by atoms with van der Waals surface area (Å²) >= 11 is 7.61. The SMILES string of the molecule is CCSC(C)(C(=O)O)c1ccc(-c2ccccc2Cl)cc1. The number of hydrogen-bond acceptors (Lipinski definition) is 2. The molecule has 0 aliphatic heterocycles. The van der Waals surface area contributed by atoms with Gasteiger partial charge in [0.25, 0.3) is 0 Å². The molecule has 0 saturated carbocycles. The Kier molecular flexibility index (Phi) is 4.96. The molecule has 2 aromatic rings. The van der Waals surface area contributed by atoms with Crippen LogP contribution in [0.4, 0.5) is 0 Å². The van der Waals surface area contributed by atoms with Crippen molar-refractivity contribution in [3.05, 3.63) is 59.1 Å². The van der Waals surface area contributed by atoms with Crippen LogP contribution in [-0.2, 0) is 9.54 Å². The molecule has 0 aliphatic carbocycles. The second kappa shape index (κ2) is 6.54. The van der Waals surface area contributed by atoms with Crippen molar-refractivity contribution in [2.24, 2.45) is 0 Å². The Balaban J connectivity index is 2.39. The summed E-state index contributed by atoms with van der Waals surface area (Å²) in [5.74, 6) is -0.0745. The van der Waals surface area contributed by atoms with E-state index in [0.717, 1.165) is 22.4 Å². The van der Waals surface area contributed by atoms with Gasteiger partial charge in [-0.15, -0.1) is 11.8 Å². The van der Waals surface area contributed by atoms with Crippen molar-refractivity contribution >= 4 is 29.3 Å². The van der Waals surface area contributed by atoms with Crippen LogP contribution in [0.1, 0.15) is 19.4 Å². The van der Waals surface area contributed by atoms with E-state index in [-0.39, 0.29) is 0 Å². The fourth-order valence-electron chi connectivity index (χ4n) is 2.22. The van der Waals surface area contributed by atoms with Crippen LogP contribution in [-0.4, -0.2) is 16.8 Å². The highest BCUT2D eigenvalue weighted by atomic mass is 35.5. The van der Waals surface area contributed by atoms with Gasteiger partial charge in [-0.2, -0.15) is 0 Å². The summed E-state index contributed by atoms with van der Waals surface area (Å²) in [5.41, 5.74) is 2.72. The molecule has 0 saturated heterocycles. The van der Waals surface area contributed by atoms with E-state index in [1.807, 2.05) is 55.5 Å². The smallest absolute Gasteiger partial charge is 0.324 e. The van der Waals surface area contributed by atoms with E-state index in [1.165, 1.54) is 11.8 Å². The lowest BCUT2D eigenvalue weighted by atomic mass is 9.97. The average Bonchev–Trinajstić information content (AvgIpc) is 2.48.